The van der Waals surface area contributed by atoms with Gasteiger partial charge in [0, 0.05) is 22.8 Å². The molecule has 1 aromatic rings. The van der Waals surface area contributed by atoms with Gasteiger partial charge in [-0.05, 0) is 30.5 Å². The summed E-state index contributed by atoms with van der Waals surface area (Å²) in [4.78, 5) is 0. The zero-order chi connectivity index (χ0) is 13.6. The quantitative estimate of drug-likeness (QED) is 0.798. The zero-order valence-corrected chi connectivity index (χ0v) is 10.5. The SMILES string of the molecule is N=CCS(=O)CCCc1ccc(C(F)(F)F)cc1. The van der Waals surface area contributed by atoms with E-state index >= 15 is 0 Å². The van der Waals surface area contributed by atoms with Gasteiger partial charge in [-0.1, -0.05) is 12.1 Å². The molecular weight excluding hydrogens is 263 g/mol. The predicted molar refractivity (Wildman–Crippen MR) is 66.4 cm³/mol. The second kappa shape index (κ2) is 6.68. The number of nitrogens with one attached hydrogen (secondary N) is 1. The van der Waals surface area contributed by atoms with Crippen LogP contribution in [0.3, 0.4) is 0 Å². The highest BCUT2D eigenvalue weighted by Crippen LogP contribution is 2.29. The minimum atomic E-state index is -4.30. The molecule has 1 unspecified atom stereocenters. The van der Waals surface area contributed by atoms with Crippen LogP contribution in [0.4, 0.5) is 13.2 Å². The van der Waals surface area contributed by atoms with Gasteiger partial charge >= 0.3 is 6.18 Å². The van der Waals surface area contributed by atoms with E-state index in [9.17, 15) is 17.4 Å². The van der Waals surface area contributed by atoms with E-state index in [1.54, 1.807) is 0 Å². The maximum absolute atomic E-state index is 12.3. The van der Waals surface area contributed by atoms with E-state index in [2.05, 4.69) is 0 Å². The molecule has 6 heteroatoms. The molecule has 0 saturated carbocycles. The molecule has 0 amide bonds. The van der Waals surface area contributed by atoms with Crippen molar-refractivity contribution >= 4 is 17.0 Å². The van der Waals surface area contributed by atoms with Crippen LogP contribution in [0.1, 0.15) is 17.5 Å². The predicted octanol–water partition coefficient (Wildman–Crippen LogP) is 3.04. The van der Waals surface area contributed by atoms with Gasteiger partial charge in [0.15, 0.2) is 0 Å². The average Bonchev–Trinajstić information content (AvgIpc) is 2.29. The van der Waals surface area contributed by atoms with Crippen LogP contribution < -0.4 is 0 Å². The van der Waals surface area contributed by atoms with E-state index in [0.717, 1.165) is 23.9 Å². The van der Waals surface area contributed by atoms with Gasteiger partial charge in [0.25, 0.3) is 0 Å². The Kier molecular flexibility index (Phi) is 5.53. The monoisotopic (exact) mass is 277 g/mol. The van der Waals surface area contributed by atoms with Crippen LogP contribution in [0.2, 0.25) is 0 Å². The number of hydrogen-bond donors (Lipinski definition) is 1. The summed E-state index contributed by atoms with van der Waals surface area (Å²) in [5.74, 6) is 0.712. The molecule has 2 nitrogen and oxygen atoms in total. The molecule has 0 aliphatic carbocycles. The number of aryl methyl sites for hydroxylation is 1. The van der Waals surface area contributed by atoms with E-state index in [1.165, 1.54) is 12.1 Å². The second-order valence-electron chi connectivity index (χ2n) is 3.81. The Morgan fingerprint density at radius 1 is 1.22 bits per heavy atom. The smallest absolute Gasteiger partial charge is 0.312 e. The van der Waals surface area contributed by atoms with Crippen molar-refractivity contribution in [2.45, 2.75) is 19.0 Å². The van der Waals surface area contributed by atoms with Gasteiger partial charge in [0.1, 0.15) is 0 Å². The molecule has 0 aliphatic heterocycles. The van der Waals surface area contributed by atoms with Crippen molar-refractivity contribution in [3.05, 3.63) is 35.4 Å². The van der Waals surface area contributed by atoms with E-state index in [0.29, 0.717) is 18.6 Å². The van der Waals surface area contributed by atoms with Gasteiger partial charge in [-0.3, -0.25) is 4.21 Å². The molecular formula is C12H14F3NOS. The average molecular weight is 277 g/mol. The van der Waals surface area contributed by atoms with Crippen molar-refractivity contribution in [2.75, 3.05) is 11.5 Å². The molecule has 18 heavy (non-hydrogen) atoms. The van der Waals surface area contributed by atoms with Gasteiger partial charge in [0.05, 0.1) is 11.3 Å². The molecule has 1 rings (SSSR count). The number of rotatable bonds is 6. The highest BCUT2D eigenvalue weighted by Gasteiger charge is 2.29. The maximum Gasteiger partial charge on any atom is 0.416 e. The topological polar surface area (TPSA) is 40.9 Å². The molecule has 100 valence electrons. The lowest BCUT2D eigenvalue weighted by Crippen LogP contribution is -2.06. The summed E-state index contributed by atoms with van der Waals surface area (Å²) in [6.45, 7) is 0. The van der Waals surface area contributed by atoms with Crippen LogP contribution >= 0.6 is 0 Å². The van der Waals surface area contributed by atoms with Crippen molar-refractivity contribution in [1.82, 2.24) is 0 Å². The number of alkyl halides is 3. The highest BCUT2D eigenvalue weighted by atomic mass is 32.2. The fraction of sp³-hybridized carbons (Fsp3) is 0.417. The first kappa shape index (κ1) is 14.9. The van der Waals surface area contributed by atoms with Crippen molar-refractivity contribution in [3.8, 4) is 0 Å². The van der Waals surface area contributed by atoms with Gasteiger partial charge in [0.2, 0.25) is 0 Å². The van der Waals surface area contributed by atoms with Gasteiger partial charge < -0.3 is 5.41 Å². The molecule has 0 radical (unpaired) electrons. The summed E-state index contributed by atoms with van der Waals surface area (Å²) in [7, 11) is -1.04. The van der Waals surface area contributed by atoms with Crippen LogP contribution in [-0.2, 0) is 23.4 Å². The van der Waals surface area contributed by atoms with Crippen LogP contribution in [0.5, 0.6) is 0 Å². The fourth-order valence-electron chi connectivity index (χ4n) is 1.47. The molecule has 0 spiro atoms. The third kappa shape index (κ3) is 5.00. The van der Waals surface area contributed by atoms with Crippen molar-refractivity contribution in [2.24, 2.45) is 0 Å². The van der Waals surface area contributed by atoms with Gasteiger partial charge in [-0.15, -0.1) is 0 Å². The molecule has 1 atom stereocenters. The summed E-state index contributed by atoms with van der Waals surface area (Å²) in [5.41, 5.74) is 0.147. The molecule has 0 aliphatic rings. The third-order valence-corrected chi connectivity index (χ3v) is 3.67. The number of hydrogen-bond acceptors (Lipinski definition) is 2. The summed E-state index contributed by atoms with van der Waals surface area (Å²) in [6.07, 6.45) is -1.95. The summed E-state index contributed by atoms with van der Waals surface area (Å²) >= 11 is 0. The van der Waals surface area contributed by atoms with Crippen molar-refractivity contribution < 1.29 is 17.4 Å². The molecule has 0 fully saturated rings. The molecule has 0 bridgehead atoms. The Balaban J connectivity index is 2.45. The minimum absolute atomic E-state index is 0.243. The maximum atomic E-state index is 12.3. The Morgan fingerprint density at radius 3 is 2.33 bits per heavy atom. The van der Waals surface area contributed by atoms with E-state index in [-0.39, 0.29) is 5.75 Å². The first-order valence-electron chi connectivity index (χ1n) is 5.43. The first-order chi connectivity index (χ1) is 8.43. The Bertz CT molecular complexity index is 414. The van der Waals surface area contributed by atoms with E-state index < -0.39 is 22.5 Å². The van der Waals surface area contributed by atoms with Crippen LogP contribution in [0.15, 0.2) is 24.3 Å². The lowest BCUT2D eigenvalue weighted by molar-refractivity contribution is -0.137. The first-order valence-corrected chi connectivity index (χ1v) is 6.92. The van der Waals surface area contributed by atoms with Gasteiger partial charge in [-0.2, -0.15) is 13.2 Å². The summed E-state index contributed by atoms with van der Waals surface area (Å²) < 4.78 is 48.1. The molecule has 0 heterocycles. The van der Waals surface area contributed by atoms with E-state index in [4.69, 9.17) is 5.41 Å². The summed E-state index contributed by atoms with van der Waals surface area (Å²) in [6, 6.07) is 5.01. The largest absolute Gasteiger partial charge is 0.416 e. The Morgan fingerprint density at radius 2 is 1.83 bits per heavy atom. The minimum Gasteiger partial charge on any atom is -0.312 e. The lowest BCUT2D eigenvalue weighted by Gasteiger charge is -2.07. The Hall–Kier alpha value is -1.17. The van der Waals surface area contributed by atoms with Crippen LogP contribution in [0.25, 0.3) is 0 Å². The zero-order valence-electron chi connectivity index (χ0n) is 9.67. The standard InChI is InChI=1S/C12H14F3NOS/c13-12(14,15)11-5-3-10(4-6-11)2-1-8-18(17)9-7-16/h3-7,16H,1-2,8-9H2. The number of halogens is 3. The number of benzene rings is 1. The second-order valence-corrected chi connectivity index (χ2v) is 5.43. The van der Waals surface area contributed by atoms with E-state index in [1.807, 2.05) is 0 Å². The van der Waals surface area contributed by atoms with Crippen LogP contribution in [0, 0.1) is 5.41 Å². The third-order valence-electron chi connectivity index (χ3n) is 2.39. The molecule has 1 N–H and O–H groups in total. The molecule has 0 saturated heterocycles. The summed E-state index contributed by atoms with van der Waals surface area (Å²) in [5, 5.41) is 6.79. The highest BCUT2D eigenvalue weighted by molar-refractivity contribution is 7.85. The molecule has 1 aromatic carbocycles. The van der Waals surface area contributed by atoms with Gasteiger partial charge in [-0.25, -0.2) is 0 Å². The van der Waals surface area contributed by atoms with Crippen LogP contribution in [-0.4, -0.2) is 21.9 Å². The van der Waals surface area contributed by atoms with Crippen molar-refractivity contribution in [1.29, 1.82) is 5.41 Å². The molecule has 0 aromatic heterocycles. The lowest BCUT2D eigenvalue weighted by atomic mass is 10.1. The van der Waals surface area contributed by atoms with Crippen molar-refractivity contribution in [3.63, 3.8) is 0 Å². The fourth-order valence-corrected chi connectivity index (χ4v) is 2.29. The Labute approximate surface area is 106 Å². The normalized spacial score (nSPS) is 13.3.